The van der Waals surface area contributed by atoms with Gasteiger partial charge < -0.3 is 14.8 Å². The number of ether oxygens (including phenoxy) is 2. The predicted molar refractivity (Wildman–Crippen MR) is 99.1 cm³/mol. The first-order valence-corrected chi connectivity index (χ1v) is 8.70. The Morgan fingerprint density at radius 2 is 1.71 bits per heavy atom. The third-order valence-corrected chi connectivity index (χ3v) is 4.06. The molecule has 0 amide bonds. The third-order valence-electron chi connectivity index (χ3n) is 4.06. The molecule has 0 spiro atoms. The number of hydrogen-bond acceptors (Lipinski definition) is 4. The number of pyridine rings is 1. The Bertz CT molecular complexity index is 732. The lowest BCUT2D eigenvalue weighted by Crippen LogP contribution is -2.35. The fourth-order valence-corrected chi connectivity index (χ4v) is 3.62. The van der Waals surface area contributed by atoms with Crippen LogP contribution in [0.5, 0.6) is 11.5 Å². The monoisotopic (exact) mass is 328 g/mol. The van der Waals surface area contributed by atoms with Crippen LogP contribution in [0, 0.1) is 5.41 Å². The number of fused-ring (bicyclic) bond motifs is 2. The molecule has 4 nitrogen and oxygen atoms in total. The van der Waals surface area contributed by atoms with Crippen LogP contribution in [0.15, 0.2) is 24.4 Å². The second-order valence-corrected chi connectivity index (χ2v) is 8.48. The third kappa shape index (κ3) is 3.92. The number of nitrogens with zero attached hydrogens (tertiary/aromatic N) is 1. The summed E-state index contributed by atoms with van der Waals surface area (Å²) < 4.78 is 11.6. The van der Waals surface area contributed by atoms with Crippen molar-refractivity contribution in [3.05, 3.63) is 24.4 Å². The second-order valence-electron chi connectivity index (χ2n) is 8.48. The SMILES string of the molecule is CC(C)(C)CC(C)(C)Nc1nccc2cc3c(cc12)OCCCO3. The normalized spacial score (nSPS) is 15.2. The van der Waals surface area contributed by atoms with Crippen LogP contribution in [-0.4, -0.2) is 23.7 Å². The van der Waals surface area contributed by atoms with E-state index in [0.717, 1.165) is 40.9 Å². The minimum absolute atomic E-state index is 0.0519. The Hall–Kier alpha value is -1.97. The number of rotatable bonds is 3. The minimum Gasteiger partial charge on any atom is -0.490 e. The molecule has 0 aliphatic carbocycles. The van der Waals surface area contributed by atoms with Crippen molar-refractivity contribution in [2.75, 3.05) is 18.5 Å². The van der Waals surface area contributed by atoms with Gasteiger partial charge in [-0.25, -0.2) is 4.98 Å². The maximum Gasteiger partial charge on any atom is 0.161 e. The number of nitrogens with one attached hydrogen (secondary N) is 1. The average Bonchev–Trinajstić information content (AvgIpc) is 2.67. The van der Waals surface area contributed by atoms with Crippen LogP contribution in [0.2, 0.25) is 0 Å². The Morgan fingerprint density at radius 1 is 1.04 bits per heavy atom. The molecule has 1 N–H and O–H groups in total. The van der Waals surface area contributed by atoms with E-state index in [1.807, 2.05) is 12.3 Å². The highest BCUT2D eigenvalue weighted by Gasteiger charge is 2.26. The zero-order chi connectivity index (χ0) is 17.4. The summed E-state index contributed by atoms with van der Waals surface area (Å²) in [5.41, 5.74) is 0.193. The first-order valence-electron chi connectivity index (χ1n) is 8.70. The van der Waals surface area contributed by atoms with Gasteiger partial charge in [-0.05, 0) is 49.3 Å². The maximum atomic E-state index is 5.84. The van der Waals surface area contributed by atoms with E-state index in [2.05, 4.69) is 57.1 Å². The highest BCUT2D eigenvalue weighted by atomic mass is 16.5. The van der Waals surface area contributed by atoms with Crippen molar-refractivity contribution in [1.82, 2.24) is 4.98 Å². The van der Waals surface area contributed by atoms with Crippen LogP contribution in [0.4, 0.5) is 5.82 Å². The summed E-state index contributed by atoms with van der Waals surface area (Å²) in [5, 5.41) is 5.82. The maximum absolute atomic E-state index is 5.84. The Balaban J connectivity index is 1.98. The van der Waals surface area contributed by atoms with E-state index in [4.69, 9.17) is 9.47 Å². The summed E-state index contributed by atoms with van der Waals surface area (Å²) in [5.74, 6) is 2.54. The average molecular weight is 328 g/mol. The first-order chi connectivity index (χ1) is 11.2. The van der Waals surface area contributed by atoms with E-state index >= 15 is 0 Å². The van der Waals surface area contributed by atoms with Gasteiger partial charge in [-0.1, -0.05) is 20.8 Å². The molecular weight excluding hydrogens is 300 g/mol. The van der Waals surface area contributed by atoms with E-state index in [-0.39, 0.29) is 11.0 Å². The van der Waals surface area contributed by atoms with Crippen LogP contribution in [-0.2, 0) is 0 Å². The fourth-order valence-electron chi connectivity index (χ4n) is 3.62. The van der Waals surface area contributed by atoms with Crippen LogP contribution < -0.4 is 14.8 Å². The molecule has 3 rings (SSSR count). The zero-order valence-corrected chi connectivity index (χ0v) is 15.4. The fraction of sp³-hybridized carbons (Fsp3) is 0.550. The number of benzene rings is 1. The summed E-state index contributed by atoms with van der Waals surface area (Å²) in [6.45, 7) is 12.6. The van der Waals surface area contributed by atoms with Crippen LogP contribution in [0.1, 0.15) is 47.5 Å². The molecule has 24 heavy (non-hydrogen) atoms. The summed E-state index contributed by atoms with van der Waals surface area (Å²) >= 11 is 0. The second kappa shape index (κ2) is 6.15. The van der Waals surface area contributed by atoms with Crippen molar-refractivity contribution in [2.45, 2.75) is 53.0 Å². The quantitative estimate of drug-likeness (QED) is 0.859. The van der Waals surface area contributed by atoms with E-state index in [1.54, 1.807) is 0 Å². The lowest BCUT2D eigenvalue weighted by molar-refractivity contribution is 0.297. The molecule has 0 unspecified atom stereocenters. The van der Waals surface area contributed by atoms with E-state index < -0.39 is 0 Å². The molecule has 1 aromatic heterocycles. The number of anilines is 1. The van der Waals surface area contributed by atoms with Gasteiger partial charge in [0.25, 0.3) is 0 Å². The Kier molecular flexibility index (Phi) is 4.33. The molecule has 0 atom stereocenters. The van der Waals surface area contributed by atoms with Gasteiger partial charge in [0.2, 0.25) is 0 Å². The number of aromatic nitrogens is 1. The zero-order valence-electron chi connectivity index (χ0n) is 15.4. The molecule has 130 valence electrons. The lowest BCUT2D eigenvalue weighted by Gasteiger charge is -2.34. The molecule has 2 heterocycles. The van der Waals surface area contributed by atoms with Crippen molar-refractivity contribution in [3.63, 3.8) is 0 Å². The van der Waals surface area contributed by atoms with Crippen molar-refractivity contribution in [2.24, 2.45) is 5.41 Å². The molecule has 1 aliphatic heterocycles. The van der Waals surface area contributed by atoms with E-state index in [9.17, 15) is 0 Å². The topological polar surface area (TPSA) is 43.4 Å². The van der Waals surface area contributed by atoms with Gasteiger partial charge >= 0.3 is 0 Å². The Labute approximate surface area is 144 Å². The molecule has 4 heteroatoms. The van der Waals surface area contributed by atoms with E-state index in [1.165, 1.54) is 0 Å². The van der Waals surface area contributed by atoms with Gasteiger partial charge in [0.05, 0.1) is 13.2 Å². The van der Waals surface area contributed by atoms with Gasteiger partial charge in [0.1, 0.15) is 5.82 Å². The van der Waals surface area contributed by atoms with Gasteiger partial charge in [-0.15, -0.1) is 0 Å². The molecule has 2 aromatic rings. The van der Waals surface area contributed by atoms with Gasteiger partial charge in [0, 0.05) is 23.5 Å². The molecule has 0 radical (unpaired) electrons. The summed E-state index contributed by atoms with van der Waals surface area (Å²) in [6.07, 6.45) is 3.80. The summed E-state index contributed by atoms with van der Waals surface area (Å²) in [4.78, 5) is 4.59. The largest absolute Gasteiger partial charge is 0.490 e. The van der Waals surface area contributed by atoms with E-state index in [0.29, 0.717) is 13.2 Å². The van der Waals surface area contributed by atoms with Crippen molar-refractivity contribution < 1.29 is 9.47 Å². The van der Waals surface area contributed by atoms with Gasteiger partial charge in [-0.3, -0.25) is 0 Å². The molecule has 1 aliphatic rings. The molecule has 0 bridgehead atoms. The van der Waals surface area contributed by atoms with Crippen molar-refractivity contribution >= 4 is 16.6 Å². The summed E-state index contributed by atoms with van der Waals surface area (Å²) in [6, 6.07) is 6.13. The molecular formula is C20H28N2O2. The smallest absolute Gasteiger partial charge is 0.161 e. The molecule has 0 saturated heterocycles. The molecule has 0 saturated carbocycles. The highest BCUT2D eigenvalue weighted by Crippen LogP contribution is 2.37. The Morgan fingerprint density at radius 3 is 2.38 bits per heavy atom. The highest BCUT2D eigenvalue weighted by molar-refractivity contribution is 5.94. The van der Waals surface area contributed by atoms with Gasteiger partial charge in [-0.2, -0.15) is 0 Å². The minimum atomic E-state index is -0.0519. The predicted octanol–water partition coefficient (Wildman–Crippen LogP) is 5.02. The van der Waals surface area contributed by atoms with Crippen molar-refractivity contribution in [1.29, 1.82) is 0 Å². The van der Waals surface area contributed by atoms with Crippen LogP contribution in [0.3, 0.4) is 0 Å². The standard InChI is InChI=1S/C20H28N2O2/c1-19(2,3)13-20(4,5)22-18-15-12-17-16(23-9-6-10-24-17)11-14(15)7-8-21-18/h7-8,11-12H,6,9-10,13H2,1-5H3,(H,21,22). The summed E-state index contributed by atoms with van der Waals surface area (Å²) in [7, 11) is 0. The van der Waals surface area contributed by atoms with Gasteiger partial charge in [0.15, 0.2) is 11.5 Å². The van der Waals surface area contributed by atoms with Crippen LogP contribution >= 0.6 is 0 Å². The number of hydrogen-bond donors (Lipinski definition) is 1. The van der Waals surface area contributed by atoms with Crippen molar-refractivity contribution in [3.8, 4) is 11.5 Å². The molecule has 0 fully saturated rings. The first kappa shape index (κ1) is 16.9. The van der Waals surface area contributed by atoms with Crippen LogP contribution in [0.25, 0.3) is 10.8 Å². The lowest BCUT2D eigenvalue weighted by atomic mass is 9.82. The molecule has 1 aromatic carbocycles.